The number of hydrogen-bond acceptors (Lipinski definition) is 1. The van der Waals surface area contributed by atoms with Crippen molar-refractivity contribution in [1.82, 2.24) is 0 Å². The van der Waals surface area contributed by atoms with Gasteiger partial charge in [-0.3, -0.25) is 0 Å². The highest BCUT2D eigenvalue weighted by atomic mass is 14.6. The fourth-order valence-corrected chi connectivity index (χ4v) is 1.80. The zero-order valence-corrected chi connectivity index (χ0v) is 7.24. The molecule has 0 radical (unpaired) electrons. The summed E-state index contributed by atoms with van der Waals surface area (Å²) in [6.45, 7) is 0.800. The molecule has 64 valence electrons. The third-order valence-electron chi connectivity index (χ3n) is 2.67. The van der Waals surface area contributed by atoms with E-state index >= 15 is 0 Å². The maximum Gasteiger partial charge on any atom is -0.000556 e. The van der Waals surface area contributed by atoms with Crippen LogP contribution in [0.2, 0.25) is 0 Å². The Morgan fingerprint density at radius 1 is 1.25 bits per heavy atom. The first-order valence-corrected chi connectivity index (χ1v) is 4.67. The highest BCUT2D eigenvalue weighted by Crippen LogP contribution is 2.41. The van der Waals surface area contributed by atoms with E-state index in [1.165, 1.54) is 18.4 Å². The fourth-order valence-electron chi connectivity index (χ4n) is 1.80. The summed E-state index contributed by atoms with van der Waals surface area (Å²) in [6.07, 6.45) is 2.74. The Balaban J connectivity index is 2.15. The average molecular weight is 161 g/mol. The van der Waals surface area contributed by atoms with Crippen LogP contribution in [-0.2, 0) is 0 Å². The van der Waals surface area contributed by atoms with Gasteiger partial charge in [0.15, 0.2) is 0 Å². The normalized spacial score (nSPS) is 19.1. The van der Waals surface area contributed by atoms with Crippen molar-refractivity contribution < 1.29 is 0 Å². The second-order valence-electron chi connectivity index (χ2n) is 3.59. The van der Waals surface area contributed by atoms with Crippen molar-refractivity contribution >= 4 is 0 Å². The van der Waals surface area contributed by atoms with E-state index < -0.39 is 0 Å². The van der Waals surface area contributed by atoms with E-state index in [-0.39, 0.29) is 0 Å². The second kappa shape index (κ2) is 3.28. The molecule has 1 aromatic carbocycles. The van der Waals surface area contributed by atoms with Crippen LogP contribution in [0.1, 0.15) is 24.3 Å². The molecule has 1 fully saturated rings. The summed E-state index contributed by atoms with van der Waals surface area (Å²) >= 11 is 0. The van der Waals surface area contributed by atoms with Gasteiger partial charge in [0, 0.05) is 0 Å². The molecule has 1 aromatic rings. The summed E-state index contributed by atoms with van der Waals surface area (Å²) in [5.74, 6) is 1.49. The van der Waals surface area contributed by atoms with Gasteiger partial charge in [-0.25, -0.2) is 0 Å². The lowest BCUT2D eigenvalue weighted by atomic mass is 9.95. The van der Waals surface area contributed by atoms with Gasteiger partial charge in [-0.15, -0.1) is 0 Å². The minimum absolute atomic E-state index is 0.617. The molecule has 0 aliphatic heterocycles. The summed E-state index contributed by atoms with van der Waals surface area (Å²) in [6, 6.07) is 10.6. The summed E-state index contributed by atoms with van der Waals surface area (Å²) in [5.41, 5.74) is 7.16. The van der Waals surface area contributed by atoms with Crippen LogP contribution in [0.4, 0.5) is 0 Å². The molecule has 0 unspecified atom stereocenters. The van der Waals surface area contributed by atoms with Gasteiger partial charge in [0.05, 0.1) is 0 Å². The van der Waals surface area contributed by atoms with Crippen molar-refractivity contribution in [3.05, 3.63) is 35.9 Å². The van der Waals surface area contributed by atoms with Gasteiger partial charge in [0.25, 0.3) is 0 Å². The van der Waals surface area contributed by atoms with Gasteiger partial charge < -0.3 is 5.73 Å². The van der Waals surface area contributed by atoms with Gasteiger partial charge in [0.2, 0.25) is 0 Å². The van der Waals surface area contributed by atoms with E-state index in [0.717, 1.165) is 12.5 Å². The number of rotatable bonds is 3. The molecule has 1 aliphatic carbocycles. The topological polar surface area (TPSA) is 26.0 Å². The number of nitrogens with two attached hydrogens (primary N) is 1. The van der Waals surface area contributed by atoms with E-state index in [4.69, 9.17) is 5.73 Å². The Bertz CT molecular complexity index is 238. The van der Waals surface area contributed by atoms with Crippen molar-refractivity contribution in [2.24, 2.45) is 11.7 Å². The zero-order chi connectivity index (χ0) is 8.39. The van der Waals surface area contributed by atoms with Crippen molar-refractivity contribution in [1.29, 1.82) is 0 Å². The van der Waals surface area contributed by atoms with Gasteiger partial charge in [-0.05, 0) is 36.8 Å². The van der Waals surface area contributed by atoms with Crippen molar-refractivity contribution in [3.8, 4) is 0 Å². The molecule has 0 bridgehead atoms. The smallest absolute Gasteiger partial charge is 0.000556 e. The maximum atomic E-state index is 5.75. The van der Waals surface area contributed by atoms with Gasteiger partial charge in [-0.2, -0.15) is 0 Å². The molecule has 0 saturated heterocycles. The average Bonchev–Trinajstić information content (AvgIpc) is 2.92. The van der Waals surface area contributed by atoms with E-state index in [1.54, 1.807) is 0 Å². The predicted molar refractivity (Wildman–Crippen MR) is 51.0 cm³/mol. The lowest BCUT2D eigenvalue weighted by molar-refractivity contribution is 0.616. The molecule has 0 spiro atoms. The number of benzene rings is 1. The molecule has 1 nitrogen and oxygen atoms in total. The standard InChI is InChI=1S/C11H15N/c12-8-11(10-6-7-10)9-4-2-1-3-5-9/h1-5,10-11H,6-8,12H2/t11-/m1/s1. The first kappa shape index (κ1) is 7.81. The van der Waals surface area contributed by atoms with Crippen LogP contribution in [0, 0.1) is 5.92 Å². The first-order valence-electron chi connectivity index (χ1n) is 4.67. The summed E-state index contributed by atoms with van der Waals surface area (Å²) in [5, 5.41) is 0. The lowest BCUT2D eigenvalue weighted by Crippen LogP contribution is -2.14. The highest BCUT2D eigenvalue weighted by molar-refractivity contribution is 5.21. The Morgan fingerprint density at radius 2 is 1.92 bits per heavy atom. The number of hydrogen-bond donors (Lipinski definition) is 1. The molecule has 0 heterocycles. The predicted octanol–water partition coefficient (Wildman–Crippen LogP) is 2.14. The SMILES string of the molecule is NC[C@H](c1ccccc1)C1CC1. The van der Waals surface area contributed by atoms with Gasteiger partial charge >= 0.3 is 0 Å². The lowest BCUT2D eigenvalue weighted by Gasteiger charge is -2.13. The van der Waals surface area contributed by atoms with Crippen LogP contribution in [0.5, 0.6) is 0 Å². The first-order chi connectivity index (χ1) is 5.92. The van der Waals surface area contributed by atoms with Crippen molar-refractivity contribution in [2.75, 3.05) is 6.54 Å². The zero-order valence-electron chi connectivity index (χ0n) is 7.24. The van der Waals surface area contributed by atoms with Crippen molar-refractivity contribution in [3.63, 3.8) is 0 Å². The van der Waals surface area contributed by atoms with E-state index in [0.29, 0.717) is 5.92 Å². The third kappa shape index (κ3) is 1.51. The quantitative estimate of drug-likeness (QED) is 0.722. The molecular formula is C11H15N. The minimum Gasteiger partial charge on any atom is -0.330 e. The Hall–Kier alpha value is -0.820. The molecule has 1 aliphatic rings. The van der Waals surface area contributed by atoms with Gasteiger partial charge in [0.1, 0.15) is 0 Å². The van der Waals surface area contributed by atoms with Crippen LogP contribution >= 0.6 is 0 Å². The van der Waals surface area contributed by atoms with Crippen LogP contribution < -0.4 is 5.73 Å². The summed E-state index contributed by atoms with van der Waals surface area (Å²) < 4.78 is 0. The Labute approximate surface area is 73.6 Å². The molecular weight excluding hydrogens is 146 g/mol. The van der Waals surface area contributed by atoms with Crippen LogP contribution in [-0.4, -0.2) is 6.54 Å². The molecule has 12 heavy (non-hydrogen) atoms. The largest absolute Gasteiger partial charge is 0.330 e. The van der Waals surface area contributed by atoms with Gasteiger partial charge in [-0.1, -0.05) is 30.3 Å². The Kier molecular flexibility index (Phi) is 2.13. The van der Waals surface area contributed by atoms with Crippen LogP contribution in [0.25, 0.3) is 0 Å². The molecule has 1 saturated carbocycles. The summed E-state index contributed by atoms with van der Waals surface area (Å²) in [7, 11) is 0. The van der Waals surface area contributed by atoms with Crippen molar-refractivity contribution in [2.45, 2.75) is 18.8 Å². The molecule has 2 N–H and O–H groups in total. The van der Waals surface area contributed by atoms with E-state index in [1.807, 2.05) is 0 Å². The third-order valence-corrected chi connectivity index (χ3v) is 2.67. The van der Waals surface area contributed by atoms with Crippen LogP contribution in [0.3, 0.4) is 0 Å². The fraction of sp³-hybridized carbons (Fsp3) is 0.455. The molecule has 0 aromatic heterocycles. The molecule has 2 rings (SSSR count). The van der Waals surface area contributed by atoms with E-state index in [2.05, 4.69) is 30.3 Å². The highest BCUT2D eigenvalue weighted by Gasteiger charge is 2.30. The molecule has 1 heteroatoms. The summed E-state index contributed by atoms with van der Waals surface area (Å²) in [4.78, 5) is 0. The maximum absolute atomic E-state index is 5.75. The molecule has 0 amide bonds. The second-order valence-corrected chi connectivity index (χ2v) is 3.59. The van der Waals surface area contributed by atoms with E-state index in [9.17, 15) is 0 Å². The monoisotopic (exact) mass is 161 g/mol. The molecule has 1 atom stereocenters. The minimum atomic E-state index is 0.617. The van der Waals surface area contributed by atoms with Crippen LogP contribution in [0.15, 0.2) is 30.3 Å². The Morgan fingerprint density at radius 3 is 2.42 bits per heavy atom.